The highest BCUT2D eigenvalue weighted by molar-refractivity contribution is 6.99. The Bertz CT molecular complexity index is 1030. The molecule has 0 radical (unpaired) electrons. The van der Waals surface area contributed by atoms with Crippen LogP contribution in [0.1, 0.15) is 53.9 Å². The molecule has 0 aromatic heterocycles. The molecule has 2 fully saturated rings. The van der Waals surface area contributed by atoms with Crippen molar-refractivity contribution >= 4 is 30.6 Å². The molecule has 186 valence electrons. The van der Waals surface area contributed by atoms with E-state index in [2.05, 4.69) is 75.9 Å². The second kappa shape index (κ2) is 9.06. The van der Waals surface area contributed by atoms with Gasteiger partial charge in [0.2, 0.25) is 0 Å². The first-order chi connectivity index (χ1) is 16.5. The molecule has 0 bridgehead atoms. The SMILES string of the molecule is C=C[C@@H]1C[C@H](O[Si](c2ccccc2)(c2ccccc2)C(C)(C)C)CCC12C(=O)OC(C)(C)OC2=O. The molecule has 2 atom stereocenters. The highest BCUT2D eigenvalue weighted by atomic mass is 28.4. The number of hydrogen-bond donors (Lipinski definition) is 0. The smallest absolute Gasteiger partial charge is 0.327 e. The van der Waals surface area contributed by atoms with E-state index in [0.717, 1.165) is 0 Å². The van der Waals surface area contributed by atoms with Gasteiger partial charge in [0.15, 0.2) is 5.41 Å². The van der Waals surface area contributed by atoms with Crippen LogP contribution >= 0.6 is 0 Å². The Balaban J connectivity index is 1.73. The maximum absolute atomic E-state index is 13.2. The molecular formula is C29H36O5Si. The van der Waals surface area contributed by atoms with Crippen LogP contribution in [0.15, 0.2) is 73.3 Å². The monoisotopic (exact) mass is 492 g/mol. The average Bonchev–Trinajstić information content (AvgIpc) is 2.81. The molecule has 5 nitrogen and oxygen atoms in total. The van der Waals surface area contributed by atoms with Crippen LogP contribution in [-0.2, 0) is 23.5 Å². The molecule has 2 aliphatic rings. The molecule has 0 unspecified atom stereocenters. The fourth-order valence-corrected chi connectivity index (χ4v) is 10.5. The van der Waals surface area contributed by atoms with Crippen LogP contribution in [0.2, 0.25) is 5.04 Å². The van der Waals surface area contributed by atoms with Crippen molar-refractivity contribution in [3.8, 4) is 0 Å². The Kier molecular flexibility index (Phi) is 6.58. The van der Waals surface area contributed by atoms with Crippen molar-refractivity contribution in [3.05, 3.63) is 73.3 Å². The fraction of sp³-hybridized carbons (Fsp3) is 0.448. The van der Waals surface area contributed by atoms with E-state index in [4.69, 9.17) is 13.9 Å². The maximum atomic E-state index is 13.2. The molecule has 1 aliphatic heterocycles. The van der Waals surface area contributed by atoms with Crippen LogP contribution in [0.3, 0.4) is 0 Å². The first-order valence-corrected chi connectivity index (χ1v) is 14.3. The third-order valence-corrected chi connectivity index (χ3v) is 12.6. The highest BCUT2D eigenvalue weighted by Crippen LogP contribution is 2.50. The lowest BCUT2D eigenvalue weighted by atomic mass is 9.65. The van der Waals surface area contributed by atoms with Gasteiger partial charge in [-0.05, 0) is 34.7 Å². The van der Waals surface area contributed by atoms with Crippen LogP contribution < -0.4 is 10.4 Å². The highest BCUT2D eigenvalue weighted by Gasteiger charge is 2.62. The summed E-state index contributed by atoms with van der Waals surface area (Å²) in [7, 11) is -2.76. The van der Waals surface area contributed by atoms with Gasteiger partial charge in [-0.15, -0.1) is 6.58 Å². The summed E-state index contributed by atoms with van der Waals surface area (Å²) in [4.78, 5) is 26.3. The van der Waals surface area contributed by atoms with Crippen molar-refractivity contribution in [2.45, 2.75) is 70.8 Å². The number of hydrogen-bond acceptors (Lipinski definition) is 5. The van der Waals surface area contributed by atoms with Crippen molar-refractivity contribution in [1.82, 2.24) is 0 Å². The van der Waals surface area contributed by atoms with E-state index >= 15 is 0 Å². The van der Waals surface area contributed by atoms with Gasteiger partial charge in [0, 0.05) is 25.9 Å². The zero-order chi connectivity index (χ0) is 25.5. The summed E-state index contributed by atoms with van der Waals surface area (Å²) in [5.74, 6) is -2.73. The quantitative estimate of drug-likeness (QED) is 0.261. The predicted molar refractivity (Wildman–Crippen MR) is 139 cm³/mol. The van der Waals surface area contributed by atoms with E-state index in [9.17, 15) is 9.59 Å². The summed E-state index contributed by atoms with van der Waals surface area (Å²) < 4.78 is 18.4. The predicted octanol–water partition coefficient (Wildman–Crippen LogP) is 4.74. The van der Waals surface area contributed by atoms with Gasteiger partial charge in [-0.1, -0.05) is 87.5 Å². The number of ether oxygens (including phenoxy) is 2. The van der Waals surface area contributed by atoms with Crippen molar-refractivity contribution in [3.63, 3.8) is 0 Å². The Morgan fingerprint density at radius 1 is 0.943 bits per heavy atom. The lowest BCUT2D eigenvalue weighted by Crippen LogP contribution is -2.68. The fourth-order valence-electron chi connectivity index (χ4n) is 5.76. The zero-order valence-electron chi connectivity index (χ0n) is 21.4. The van der Waals surface area contributed by atoms with Crippen LogP contribution in [0.4, 0.5) is 0 Å². The normalized spacial score (nSPS) is 23.9. The molecule has 1 spiro atoms. The van der Waals surface area contributed by atoms with Crippen molar-refractivity contribution in [2.24, 2.45) is 11.3 Å². The molecule has 35 heavy (non-hydrogen) atoms. The summed E-state index contributed by atoms with van der Waals surface area (Å²) in [6, 6.07) is 21.0. The Morgan fingerprint density at radius 2 is 1.43 bits per heavy atom. The molecule has 4 rings (SSSR count). The molecule has 1 saturated carbocycles. The van der Waals surface area contributed by atoms with Crippen molar-refractivity contribution in [2.75, 3.05) is 0 Å². The Labute approximate surface area is 209 Å². The standard InChI is InChI=1S/C29H36O5Si/c1-7-21-20-22(18-19-29(21)25(30)32-28(5,6)33-26(29)31)34-35(27(2,3)4,23-14-10-8-11-15-23)24-16-12-9-13-17-24/h7-17,21-22H,1,18-20H2,2-6H3/t21-,22-/m1/s1. The van der Waals surface area contributed by atoms with E-state index in [1.807, 2.05) is 12.1 Å². The second-order valence-corrected chi connectivity index (χ2v) is 15.4. The van der Waals surface area contributed by atoms with Gasteiger partial charge in [0.1, 0.15) is 0 Å². The molecule has 2 aromatic carbocycles. The third-order valence-electron chi connectivity index (χ3n) is 7.46. The first-order valence-electron chi connectivity index (χ1n) is 12.3. The van der Waals surface area contributed by atoms with Crippen LogP contribution in [0.25, 0.3) is 0 Å². The number of rotatable bonds is 5. The van der Waals surface area contributed by atoms with E-state index in [-0.39, 0.29) is 11.1 Å². The number of esters is 2. The third kappa shape index (κ3) is 4.27. The van der Waals surface area contributed by atoms with Gasteiger partial charge in [0.05, 0.1) is 0 Å². The number of allylic oxidation sites excluding steroid dienone is 1. The van der Waals surface area contributed by atoms with Gasteiger partial charge in [-0.3, -0.25) is 9.59 Å². The summed E-state index contributed by atoms with van der Waals surface area (Å²) in [5.41, 5.74) is -1.36. The minimum Gasteiger partial charge on any atom is -0.422 e. The van der Waals surface area contributed by atoms with Crippen LogP contribution in [0.5, 0.6) is 0 Å². The Morgan fingerprint density at radius 3 is 1.86 bits per heavy atom. The lowest BCUT2D eigenvalue weighted by molar-refractivity contribution is -0.257. The van der Waals surface area contributed by atoms with E-state index in [1.54, 1.807) is 19.9 Å². The molecule has 2 aromatic rings. The lowest BCUT2D eigenvalue weighted by Gasteiger charge is -2.50. The minimum atomic E-state index is -2.76. The van der Waals surface area contributed by atoms with Gasteiger partial charge >= 0.3 is 11.9 Å². The summed E-state index contributed by atoms with van der Waals surface area (Å²) in [5, 5.41) is 2.24. The zero-order valence-corrected chi connectivity index (χ0v) is 22.4. The van der Waals surface area contributed by atoms with Crippen molar-refractivity contribution in [1.29, 1.82) is 0 Å². The largest absolute Gasteiger partial charge is 0.422 e. The first kappa shape index (κ1) is 25.4. The molecule has 0 amide bonds. The number of carbonyl (C=O) groups is 2. The number of cyclic esters (lactones) is 2. The number of benzene rings is 2. The van der Waals surface area contributed by atoms with E-state index in [1.165, 1.54) is 10.4 Å². The van der Waals surface area contributed by atoms with E-state index in [0.29, 0.717) is 19.3 Å². The Hall–Kier alpha value is -2.70. The molecule has 0 N–H and O–H groups in total. The van der Waals surface area contributed by atoms with Crippen molar-refractivity contribution < 1.29 is 23.5 Å². The van der Waals surface area contributed by atoms with Crippen LogP contribution in [-0.4, -0.2) is 32.1 Å². The van der Waals surface area contributed by atoms with Gasteiger partial charge in [-0.2, -0.15) is 0 Å². The molecule has 6 heteroatoms. The molecule has 1 heterocycles. The minimum absolute atomic E-state index is 0.148. The topological polar surface area (TPSA) is 61.8 Å². The van der Waals surface area contributed by atoms with Gasteiger partial charge in [-0.25, -0.2) is 0 Å². The number of carbonyl (C=O) groups excluding carboxylic acids is 2. The second-order valence-electron chi connectivity index (χ2n) is 11.2. The van der Waals surface area contributed by atoms with E-state index < -0.39 is 37.4 Å². The summed E-state index contributed by atoms with van der Waals surface area (Å²) in [6.07, 6.45) is 2.91. The average molecular weight is 493 g/mol. The summed E-state index contributed by atoms with van der Waals surface area (Å²) >= 11 is 0. The molecule has 1 saturated heterocycles. The van der Waals surface area contributed by atoms with Crippen LogP contribution in [0, 0.1) is 11.3 Å². The molecular weight excluding hydrogens is 456 g/mol. The molecule has 1 aliphatic carbocycles. The maximum Gasteiger partial charge on any atom is 0.327 e. The van der Waals surface area contributed by atoms with Gasteiger partial charge in [0.25, 0.3) is 14.1 Å². The summed E-state index contributed by atoms with van der Waals surface area (Å²) in [6.45, 7) is 13.9. The van der Waals surface area contributed by atoms with Gasteiger partial charge < -0.3 is 13.9 Å².